The summed E-state index contributed by atoms with van der Waals surface area (Å²) in [7, 11) is 1.79. The lowest BCUT2D eigenvalue weighted by atomic mass is 9.89. The fourth-order valence-corrected chi connectivity index (χ4v) is 2.03. The largest absolute Gasteiger partial charge is 0.381 e. The molecule has 0 amide bonds. The second kappa shape index (κ2) is 4.40. The monoisotopic (exact) mass is 185 g/mol. The molecule has 1 N–H and O–H groups in total. The third-order valence-electron chi connectivity index (χ3n) is 3.09. The molecule has 0 aromatic heterocycles. The number of methoxy groups -OCH3 is 1. The predicted octanol–water partition coefficient (Wildman–Crippen LogP) is 0.932. The van der Waals surface area contributed by atoms with Gasteiger partial charge in [-0.05, 0) is 25.7 Å². The lowest BCUT2D eigenvalue weighted by Crippen LogP contribution is -2.47. The quantitative estimate of drug-likeness (QED) is 0.707. The minimum atomic E-state index is 0.474. The molecule has 13 heavy (non-hydrogen) atoms. The Labute approximate surface area is 79.8 Å². The van der Waals surface area contributed by atoms with Crippen LogP contribution in [0.4, 0.5) is 0 Å². The third-order valence-corrected chi connectivity index (χ3v) is 3.09. The van der Waals surface area contributed by atoms with Crippen molar-refractivity contribution in [1.29, 1.82) is 0 Å². The summed E-state index contributed by atoms with van der Waals surface area (Å²) in [6.45, 7) is 1.98. The molecule has 2 rings (SSSR count). The highest BCUT2D eigenvalue weighted by atomic mass is 16.5. The molecular formula is C10H19NO2. The number of rotatable bonds is 4. The van der Waals surface area contributed by atoms with Crippen LogP contribution in [-0.2, 0) is 9.47 Å². The topological polar surface area (TPSA) is 30.5 Å². The van der Waals surface area contributed by atoms with E-state index in [-0.39, 0.29) is 0 Å². The van der Waals surface area contributed by atoms with Crippen LogP contribution in [0.15, 0.2) is 0 Å². The van der Waals surface area contributed by atoms with Gasteiger partial charge in [-0.2, -0.15) is 0 Å². The van der Waals surface area contributed by atoms with Crippen molar-refractivity contribution in [1.82, 2.24) is 5.32 Å². The van der Waals surface area contributed by atoms with Gasteiger partial charge in [0.05, 0.1) is 12.2 Å². The highest BCUT2D eigenvalue weighted by Crippen LogP contribution is 2.22. The molecule has 1 atom stereocenters. The van der Waals surface area contributed by atoms with Crippen molar-refractivity contribution in [3.63, 3.8) is 0 Å². The van der Waals surface area contributed by atoms with Crippen LogP contribution in [0.5, 0.6) is 0 Å². The minimum absolute atomic E-state index is 0.474. The van der Waals surface area contributed by atoms with Crippen LogP contribution in [0.2, 0.25) is 0 Å². The van der Waals surface area contributed by atoms with Crippen molar-refractivity contribution in [2.75, 3.05) is 20.3 Å². The van der Waals surface area contributed by atoms with E-state index in [0.29, 0.717) is 18.2 Å². The lowest BCUT2D eigenvalue weighted by Gasteiger charge is -2.35. The summed E-state index contributed by atoms with van der Waals surface area (Å²) in [6.07, 6.45) is 5.78. The van der Waals surface area contributed by atoms with Crippen LogP contribution in [0, 0.1) is 0 Å². The number of hydrogen-bond donors (Lipinski definition) is 1. The molecule has 1 unspecified atom stereocenters. The molecule has 1 aliphatic heterocycles. The smallest absolute Gasteiger partial charge is 0.0700 e. The van der Waals surface area contributed by atoms with Gasteiger partial charge < -0.3 is 14.8 Å². The van der Waals surface area contributed by atoms with Gasteiger partial charge in [0.15, 0.2) is 0 Å². The number of ether oxygens (including phenoxy) is 2. The van der Waals surface area contributed by atoms with Crippen LogP contribution in [0.25, 0.3) is 0 Å². The van der Waals surface area contributed by atoms with E-state index in [1.54, 1.807) is 7.11 Å². The Balaban J connectivity index is 1.54. The van der Waals surface area contributed by atoms with Crippen molar-refractivity contribution in [2.45, 2.75) is 43.9 Å². The third kappa shape index (κ3) is 2.42. The highest BCUT2D eigenvalue weighted by Gasteiger charge is 2.29. The highest BCUT2D eigenvalue weighted by molar-refractivity contribution is 4.86. The summed E-state index contributed by atoms with van der Waals surface area (Å²) in [5, 5.41) is 3.52. The summed E-state index contributed by atoms with van der Waals surface area (Å²) in [5.74, 6) is 0. The maximum Gasteiger partial charge on any atom is 0.0700 e. The summed E-state index contributed by atoms with van der Waals surface area (Å²) >= 11 is 0. The molecule has 1 saturated carbocycles. The molecule has 0 radical (unpaired) electrons. The molecule has 1 aliphatic carbocycles. The van der Waals surface area contributed by atoms with E-state index in [4.69, 9.17) is 9.47 Å². The first-order valence-corrected chi connectivity index (χ1v) is 5.26. The first kappa shape index (κ1) is 9.44. The van der Waals surface area contributed by atoms with Crippen LogP contribution in [0.3, 0.4) is 0 Å². The summed E-state index contributed by atoms with van der Waals surface area (Å²) in [6, 6.07) is 0.675. The molecule has 3 nitrogen and oxygen atoms in total. The molecule has 0 aromatic carbocycles. The van der Waals surface area contributed by atoms with E-state index in [9.17, 15) is 0 Å². The lowest BCUT2D eigenvalue weighted by molar-refractivity contribution is 0.0123. The van der Waals surface area contributed by atoms with E-state index < -0.39 is 0 Å². The summed E-state index contributed by atoms with van der Waals surface area (Å²) < 4.78 is 10.7. The van der Waals surface area contributed by atoms with E-state index in [1.807, 2.05) is 0 Å². The van der Waals surface area contributed by atoms with Crippen LogP contribution in [-0.4, -0.2) is 38.5 Å². The first-order valence-electron chi connectivity index (χ1n) is 5.26. The van der Waals surface area contributed by atoms with E-state index >= 15 is 0 Å². The molecule has 0 bridgehead atoms. The minimum Gasteiger partial charge on any atom is -0.381 e. The van der Waals surface area contributed by atoms with Gasteiger partial charge in [0, 0.05) is 26.3 Å². The molecule has 2 fully saturated rings. The van der Waals surface area contributed by atoms with Gasteiger partial charge >= 0.3 is 0 Å². The predicted molar refractivity (Wildman–Crippen MR) is 50.8 cm³/mol. The van der Waals surface area contributed by atoms with Crippen molar-refractivity contribution in [2.24, 2.45) is 0 Å². The van der Waals surface area contributed by atoms with Gasteiger partial charge in [-0.3, -0.25) is 0 Å². The Hall–Kier alpha value is -0.120. The Morgan fingerprint density at radius 3 is 2.92 bits per heavy atom. The SMILES string of the molecule is COC1CC(NCC2CCCO2)C1. The molecule has 76 valence electrons. The van der Waals surface area contributed by atoms with Crippen LogP contribution >= 0.6 is 0 Å². The standard InChI is InChI=1S/C10H19NO2/c1-12-10-5-8(6-10)11-7-9-3-2-4-13-9/h8-11H,2-7H2,1H3. The number of nitrogens with one attached hydrogen (secondary N) is 1. The average molecular weight is 185 g/mol. The van der Waals surface area contributed by atoms with Gasteiger partial charge in [-0.15, -0.1) is 0 Å². The van der Waals surface area contributed by atoms with Gasteiger partial charge in [0.1, 0.15) is 0 Å². The fraction of sp³-hybridized carbons (Fsp3) is 1.00. The van der Waals surface area contributed by atoms with Crippen LogP contribution in [0.1, 0.15) is 25.7 Å². The number of hydrogen-bond acceptors (Lipinski definition) is 3. The zero-order valence-electron chi connectivity index (χ0n) is 8.29. The fourth-order valence-electron chi connectivity index (χ4n) is 2.03. The summed E-state index contributed by atoms with van der Waals surface area (Å²) in [5.41, 5.74) is 0. The normalized spacial score (nSPS) is 39.0. The van der Waals surface area contributed by atoms with Gasteiger partial charge in [0.2, 0.25) is 0 Å². The molecular weight excluding hydrogens is 166 g/mol. The van der Waals surface area contributed by atoms with Crippen molar-refractivity contribution < 1.29 is 9.47 Å². The summed E-state index contributed by atoms with van der Waals surface area (Å²) in [4.78, 5) is 0. The molecule has 1 saturated heterocycles. The Bertz CT molecular complexity index is 151. The first-order chi connectivity index (χ1) is 6.38. The van der Waals surface area contributed by atoms with Crippen molar-refractivity contribution >= 4 is 0 Å². The van der Waals surface area contributed by atoms with Crippen molar-refractivity contribution in [3.05, 3.63) is 0 Å². The Morgan fingerprint density at radius 1 is 1.46 bits per heavy atom. The van der Waals surface area contributed by atoms with Gasteiger partial charge in [-0.1, -0.05) is 0 Å². The van der Waals surface area contributed by atoms with Gasteiger partial charge in [-0.25, -0.2) is 0 Å². The molecule has 3 heteroatoms. The molecule has 1 heterocycles. The molecule has 2 aliphatic rings. The molecule has 0 spiro atoms. The zero-order valence-corrected chi connectivity index (χ0v) is 8.29. The van der Waals surface area contributed by atoms with Gasteiger partial charge in [0.25, 0.3) is 0 Å². The molecule has 0 aromatic rings. The maximum atomic E-state index is 5.53. The van der Waals surface area contributed by atoms with E-state index in [0.717, 1.165) is 13.2 Å². The maximum absolute atomic E-state index is 5.53. The second-order valence-electron chi connectivity index (χ2n) is 4.07. The van der Waals surface area contributed by atoms with Crippen LogP contribution < -0.4 is 5.32 Å². The van der Waals surface area contributed by atoms with E-state index in [2.05, 4.69) is 5.32 Å². The average Bonchev–Trinajstić information content (AvgIpc) is 2.54. The Kier molecular flexibility index (Phi) is 3.19. The van der Waals surface area contributed by atoms with E-state index in [1.165, 1.54) is 25.7 Å². The Morgan fingerprint density at radius 2 is 2.31 bits per heavy atom. The van der Waals surface area contributed by atoms with Crippen molar-refractivity contribution in [3.8, 4) is 0 Å². The second-order valence-corrected chi connectivity index (χ2v) is 4.07. The zero-order chi connectivity index (χ0) is 9.10.